The number of rotatable bonds is 2. The fourth-order valence-electron chi connectivity index (χ4n) is 2.51. The van der Waals surface area contributed by atoms with Gasteiger partial charge in [-0.25, -0.2) is 14.8 Å². The van der Waals surface area contributed by atoms with Crippen LogP contribution in [0.1, 0.15) is 4.11 Å². The van der Waals surface area contributed by atoms with Crippen LogP contribution in [0.3, 0.4) is 0 Å². The van der Waals surface area contributed by atoms with Crippen molar-refractivity contribution in [2.24, 2.45) is 0 Å². The topological polar surface area (TPSA) is 83.7 Å². The lowest BCUT2D eigenvalue weighted by Gasteiger charge is -2.08. The van der Waals surface area contributed by atoms with E-state index in [-0.39, 0.29) is 16.7 Å². The van der Waals surface area contributed by atoms with Crippen molar-refractivity contribution in [1.82, 2.24) is 19.9 Å². The van der Waals surface area contributed by atoms with Crippen LogP contribution in [0.15, 0.2) is 41.2 Å². The van der Waals surface area contributed by atoms with E-state index in [1.165, 1.54) is 0 Å². The molecule has 114 valence electrons. The Morgan fingerprint density at radius 1 is 1.17 bits per heavy atom. The van der Waals surface area contributed by atoms with Crippen molar-refractivity contribution >= 4 is 33.7 Å². The van der Waals surface area contributed by atoms with Crippen LogP contribution >= 0.6 is 11.6 Å². The molecule has 0 saturated heterocycles. The Morgan fingerprint density at radius 2 is 2.09 bits per heavy atom. The van der Waals surface area contributed by atoms with Crippen molar-refractivity contribution < 1.29 is 8.85 Å². The number of aromatic amines is 2. The average Bonchev–Trinajstić information content (AvgIpc) is 2.89. The summed E-state index contributed by atoms with van der Waals surface area (Å²) in [6, 6.07) is 10.3. The number of fused-ring (bicyclic) bond motifs is 2. The molecule has 0 atom stereocenters. The quantitative estimate of drug-likeness (QED) is 0.553. The summed E-state index contributed by atoms with van der Waals surface area (Å²) in [5, 5.41) is 0.891. The standard InChI is InChI=1S/C16H11ClN4O2/c1-23-15-10(3-5-13(17)20-15)8-2-4-11-9(6-8)7-12-14(18-11)21-16(22)19-12/h2-7H,1H3,(H2,18,19,21,22)/i1D3. The van der Waals surface area contributed by atoms with E-state index in [2.05, 4.69) is 19.9 Å². The van der Waals surface area contributed by atoms with E-state index < -0.39 is 7.04 Å². The second kappa shape index (κ2) is 5.10. The molecule has 0 fully saturated rings. The molecule has 4 aromatic rings. The normalized spacial score (nSPS) is 13.7. The molecule has 0 saturated carbocycles. The summed E-state index contributed by atoms with van der Waals surface area (Å²) in [6.45, 7) is 0. The third-order valence-corrected chi connectivity index (χ3v) is 3.74. The fourth-order valence-corrected chi connectivity index (χ4v) is 2.65. The average molecular weight is 330 g/mol. The van der Waals surface area contributed by atoms with Gasteiger partial charge in [0, 0.05) is 10.9 Å². The molecule has 0 bridgehead atoms. The molecule has 0 aliphatic rings. The first-order valence-electron chi connectivity index (χ1n) is 8.17. The Kier molecular flexibility index (Phi) is 2.39. The highest BCUT2D eigenvalue weighted by Gasteiger charge is 2.10. The van der Waals surface area contributed by atoms with Crippen molar-refractivity contribution in [2.75, 3.05) is 7.04 Å². The maximum Gasteiger partial charge on any atom is 0.325 e. The zero-order valence-corrected chi connectivity index (χ0v) is 12.3. The summed E-state index contributed by atoms with van der Waals surface area (Å²) in [4.78, 5) is 25.1. The zero-order chi connectivity index (χ0) is 18.5. The van der Waals surface area contributed by atoms with Gasteiger partial charge in [-0.15, -0.1) is 0 Å². The van der Waals surface area contributed by atoms with Gasteiger partial charge in [-0.2, -0.15) is 0 Å². The summed E-state index contributed by atoms with van der Waals surface area (Å²) in [6.07, 6.45) is 0. The number of halogens is 1. The molecule has 1 aromatic carbocycles. The SMILES string of the molecule is [2H]C([2H])([2H])Oc1nc(Cl)ccc1-c1ccc2nc3[nH]c(=O)[nH]c3cc2c1. The first-order chi connectivity index (χ1) is 12.3. The number of pyridine rings is 2. The molecular weight excluding hydrogens is 316 g/mol. The van der Waals surface area contributed by atoms with Crippen molar-refractivity contribution in [1.29, 1.82) is 0 Å². The minimum atomic E-state index is -2.65. The minimum Gasteiger partial charge on any atom is -0.481 e. The summed E-state index contributed by atoms with van der Waals surface area (Å²) >= 11 is 5.87. The Morgan fingerprint density at radius 3 is 2.96 bits per heavy atom. The lowest BCUT2D eigenvalue weighted by Crippen LogP contribution is -1.99. The highest BCUT2D eigenvalue weighted by atomic mass is 35.5. The second-order valence-electron chi connectivity index (χ2n) is 4.96. The maximum atomic E-state index is 11.4. The number of ether oxygens (including phenoxy) is 1. The first-order valence-corrected chi connectivity index (χ1v) is 7.05. The van der Waals surface area contributed by atoms with Crippen molar-refractivity contribution in [3.8, 4) is 17.0 Å². The lowest BCUT2D eigenvalue weighted by atomic mass is 10.0. The molecule has 0 radical (unpaired) electrons. The highest BCUT2D eigenvalue weighted by Crippen LogP contribution is 2.31. The van der Waals surface area contributed by atoms with Crippen molar-refractivity contribution in [3.05, 3.63) is 52.0 Å². The van der Waals surface area contributed by atoms with E-state index in [4.69, 9.17) is 20.5 Å². The van der Waals surface area contributed by atoms with Crippen LogP contribution in [-0.2, 0) is 0 Å². The smallest absolute Gasteiger partial charge is 0.325 e. The molecular formula is C16H11ClN4O2. The number of nitrogens with zero attached hydrogens (tertiary/aromatic N) is 2. The van der Waals surface area contributed by atoms with Crippen LogP contribution in [0.4, 0.5) is 0 Å². The molecule has 0 amide bonds. The third-order valence-electron chi connectivity index (χ3n) is 3.53. The van der Waals surface area contributed by atoms with Gasteiger partial charge in [0.25, 0.3) is 0 Å². The van der Waals surface area contributed by atoms with Gasteiger partial charge < -0.3 is 9.72 Å². The number of hydrogen-bond donors (Lipinski definition) is 2. The van der Waals surface area contributed by atoms with Gasteiger partial charge in [0.1, 0.15) is 5.15 Å². The monoisotopic (exact) mass is 329 g/mol. The van der Waals surface area contributed by atoms with Crippen LogP contribution in [0, 0.1) is 0 Å². The van der Waals surface area contributed by atoms with Crippen LogP contribution in [0.2, 0.25) is 5.15 Å². The molecule has 0 unspecified atom stereocenters. The number of hydrogen-bond acceptors (Lipinski definition) is 4. The second-order valence-corrected chi connectivity index (χ2v) is 5.35. The Bertz CT molecular complexity index is 1200. The van der Waals surface area contributed by atoms with Crippen molar-refractivity contribution in [2.45, 2.75) is 0 Å². The van der Waals surface area contributed by atoms with Crippen LogP contribution in [0.25, 0.3) is 33.2 Å². The predicted molar refractivity (Wildman–Crippen MR) is 89.0 cm³/mol. The van der Waals surface area contributed by atoms with Gasteiger partial charge in [0.15, 0.2) is 5.65 Å². The highest BCUT2D eigenvalue weighted by molar-refractivity contribution is 6.29. The summed E-state index contributed by atoms with van der Waals surface area (Å²) in [5.74, 6) is -0.0825. The van der Waals surface area contributed by atoms with Gasteiger partial charge in [0.05, 0.1) is 22.2 Å². The van der Waals surface area contributed by atoms with Crippen LogP contribution in [-0.4, -0.2) is 27.0 Å². The van der Waals surface area contributed by atoms with Crippen LogP contribution in [0.5, 0.6) is 5.88 Å². The van der Waals surface area contributed by atoms with E-state index >= 15 is 0 Å². The summed E-state index contributed by atoms with van der Waals surface area (Å²) < 4.78 is 26.9. The summed E-state index contributed by atoms with van der Waals surface area (Å²) in [7, 11) is -2.65. The minimum absolute atomic E-state index is 0.0825. The fraction of sp³-hybridized carbons (Fsp3) is 0.0625. The maximum absolute atomic E-state index is 11.4. The van der Waals surface area contributed by atoms with Gasteiger partial charge in [-0.1, -0.05) is 17.7 Å². The number of methoxy groups -OCH3 is 1. The number of nitrogens with one attached hydrogen (secondary N) is 2. The van der Waals surface area contributed by atoms with Crippen molar-refractivity contribution in [3.63, 3.8) is 0 Å². The molecule has 3 heterocycles. The molecule has 0 aliphatic heterocycles. The van der Waals surface area contributed by atoms with Gasteiger partial charge in [0.2, 0.25) is 5.88 Å². The number of aromatic nitrogens is 4. The zero-order valence-electron chi connectivity index (χ0n) is 14.6. The number of H-pyrrole nitrogens is 2. The van der Waals surface area contributed by atoms with E-state index in [0.29, 0.717) is 27.8 Å². The number of imidazole rings is 1. The van der Waals surface area contributed by atoms with Crippen LogP contribution < -0.4 is 10.4 Å². The molecule has 7 heteroatoms. The first kappa shape index (κ1) is 10.8. The Balaban J connectivity index is 1.88. The van der Waals surface area contributed by atoms with Gasteiger partial charge >= 0.3 is 5.69 Å². The van der Waals surface area contributed by atoms with Gasteiger partial charge in [-0.3, -0.25) is 4.98 Å². The largest absolute Gasteiger partial charge is 0.481 e. The van der Waals surface area contributed by atoms with E-state index in [1.54, 1.807) is 30.3 Å². The number of benzene rings is 1. The van der Waals surface area contributed by atoms with E-state index in [0.717, 1.165) is 5.39 Å². The Hall–Kier alpha value is -2.86. The molecule has 2 N–H and O–H groups in total. The molecule has 0 aliphatic carbocycles. The molecule has 0 spiro atoms. The summed E-state index contributed by atoms with van der Waals surface area (Å²) in [5.41, 5.74) is 2.55. The molecule has 3 aromatic heterocycles. The molecule has 4 rings (SSSR count). The lowest BCUT2D eigenvalue weighted by molar-refractivity contribution is 0.400. The third kappa shape index (κ3) is 2.33. The molecule has 6 nitrogen and oxygen atoms in total. The molecule has 23 heavy (non-hydrogen) atoms. The van der Waals surface area contributed by atoms with E-state index in [9.17, 15) is 4.79 Å². The predicted octanol–water partition coefficient (Wildman–Crippen LogP) is 3.13. The van der Waals surface area contributed by atoms with Gasteiger partial charge in [-0.05, 0) is 35.9 Å². The van der Waals surface area contributed by atoms with E-state index in [1.807, 2.05) is 6.07 Å². The Labute approximate surface area is 139 Å².